The molecule has 2 atom stereocenters. The Labute approximate surface area is 128 Å². The summed E-state index contributed by atoms with van der Waals surface area (Å²) in [5, 5.41) is 12.4. The molecule has 4 aliphatic rings. The van der Waals surface area contributed by atoms with Crippen LogP contribution in [0.1, 0.15) is 50.5 Å². The van der Waals surface area contributed by atoms with Crippen LogP contribution >= 0.6 is 0 Å². The van der Waals surface area contributed by atoms with Gasteiger partial charge >= 0.3 is 0 Å². The fourth-order valence-corrected chi connectivity index (χ4v) is 5.78. The lowest BCUT2D eigenvalue weighted by Gasteiger charge is -2.44. The second kappa shape index (κ2) is 5.31. The first kappa shape index (κ1) is 13.6. The normalized spacial score (nSPS) is 37.6. The zero-order valence-corrected chi connectivity index (χ0v) is 12.9. The van der Waals surface area contributed by atoms with Gasteiger partial charge in [0.1, 0.15) is 12.3 Å². The summed E-state index contributed by atoms with van der Waals surface area (Å²) >= 11 is 0. The molecule has 0 heterocycles. The van der Waals surface area contributed by atoms with Crippen molar-refractivity contribution in [3.8, 4) is 5.75 Å². The van der Waals surface area contributed by atoms with Crippen LogP contribution in [0.5, 0.6) is 5.75 Å². The van der Waals surface area contributed by atoms with Gasteiger partial charge in [-0.05, 0) is 74.8 Å². The van der Waals surface area contributed by atoms with Crippen LogP contribution in [0.4, 0.5) is 0 Å². The van der Waals surface area contributed by atoms with Crippen molar-refractivity contribution in [2.24, 2.45) is 23.2 Å². The third-order valence-electron chi connectivity index (χ3n) is 6.46. The highest BCUT2D eigenvalue weighted by Crippen LogP contribution is 2.56. The lowest BCUT2D eigenvalue weighted by molar-refractivity contribution is -0.683. The minimum absolute atomic E-state index is 0.455. The summed E-state index contributed by atoms with van der Waals surface area (Å²) in [6.07, 6.45) is 10.5. The van der Waals surface area contributed by atoms with Crippen molar-refractivity contribution in [3.63, 3.8) is 0 Å². The predicted octanol–water partition coefficient (Wildman–Crippen LogP) is 3.06. The number of rotatable bonds is 4. The van der Waals surface area contributed by atoms with E-state index in [9.17, 15) is 5.11 Å². The van der Waals surface area contributed by atoms with Crippen molar-refractivity contribution in [2.75, 3.05) is 6.54 Å². The number of para-hydroxylation sites is 1. The largest absolute Gasteiger partial charge is 0.507 e. The third kappa shape index (κ3) is 2.70. The molecule has 0 saturated heterocycles. The first-order valence-corrected chi connectivity index (χ1v) is 8.81. The average Bonchev–Trinajstić information content (AvgIpc) is 2.66. The Morgan fingerprint density at radius 2 is 1.76 bits per heavy atom. The lowest BCUT2D eigenvalue weighted by Crippen LogP contribution is -2.85. The Morgan fingerprint density at radius 1 is 1.05 bits per heavy atom. The summed E-state index contributed by atoms with van der Waals surface area (Å²) in [4.78, 5) is 0. The van der Waals surface area contributed by atoms with Crippen molar-refractivity contribution >= 4 is 0 Å². The molecule has 0 radical (unpaired) electrons. The van der Waals surface area contributed by atoms with E-state index in [-0.39, 0.29) is 0 Å². The molecule has 4 aliphatic carbocycles. The van der Waals surface area contributed by atoms with Gasteiger partial charge in [-0.15, -0.1) is 0 Å². The second-order valence-corrected chi connectivity index (χ2v) is 8.08. The molecule has 5 rings (SSSR count). The Kier molecular flexibility index (Phi) is 3.45. The molecule has 2 unspecified atom stereocenters. The molecule has 1 aromatic carbocycles. The topological polar surface area (TPSA) is 36.8 Å². The number of benzene rings is 1. The summed E-state index contributed by atoms with van der Waals surface area (Å²) in [6.45, 7) is 2.19. The summed E-state index contributed by atoms with van der Waals surface area (Å²) in [7, 11) is 0. The first-order valence-electron chi connectivity index (χ1n) is 8.81. The van der Waals surface area contributed by atoms with Crippen LogP contribution in [0.3, 0.4) is 0 Å². The van der Waals surface area contributed by atoms with E-state index >= 15 is 0 Å². The van der Waals surface area contributed by atoms with Gasteiger partial charge in [-0.2, -0.15) is 0 Å². The number of nitrogens with two attached hydrogens (primary N) is 1. The van der Waals surface area contributed by atoms with Gasteiger partial charge in [-0.1, -0.05) is 12.1 Å². The number of quaternary nitrogens is 1. The smallest absolute Gasteiger partial charge is 0.124 e. The molecule has 4 bridgehead atoms. The molecule has 0 aromatic heterocycles. The van der Waals surface area contributed by atoms with E-state index in [4.69, 9.17) is 0 Å². The maximum absolute atomic E-state index is 9.90. The Bertz CT molecular complexity index is 498. The molecule has 21 heavy (non-hydrogen) atoms. The molecule has 4 saturated carbocycles. The quantitative estimate of drug-likeness (QED) is 0.877. The fraction of sp³-hybridized carbons (Fsp3) is 0.684. The highest BCUT2D eigenvalue weighted by atomic mass is 16.3. The van der Waals surface area contributed by atoms with Crippen molar-refractivity contribution in [1.29, 1.82) is 0 Å². The number of hydrogen-bond donors (Lipinski definition) is 2. The zero-order chi connectivity index (χ0) is 14.3. The second-order valence-electron chi connectivity index (χ2n) is 8.08. The Hall–Kier alpha value is -1.02. The SMILES string of the molecule is Oc1ccccc1C[NH2+]CC12CCC3CC(CC(C3)C1)C2. The predicted molar refractivity (Wildman–Crippen MR) is 83.8 cm³/mol. The molecular formula is C19H28NO+. The summed E-state index contributed by atoms with van der Waals surface area (Å²) in [5.74, 6) is 3.57. The van der Waals surface area contributed by atoms with Gasteiger partial charge in [0.2, 0.25) is 0 Å². The molecule has 1 aromatic rings. The lowest BCUT2D eigenvalue weighted by atomic mass is 9.61. The summed E-state index contributed by atoms with van der Waals surface area (Å²) in [5.41, 5.74) is 1.70. The van der Waals surface area contributed by atoms with Crippen molar-refractivity contribution in [1.82, 2.24) is 0 Å². The maximum atomic E-state index is 9.90. The van der Waals surface area contributed by atoms with Crippen LogP contribution in [-0.4, -0.2) is 11.7 Å². The van der Waals surface area contributed by atoms with E-state index in [1.54, 1.807) is 6.07 Å². The van der Waals surface area contributed by atoms with E-state index in [1.165, 1.54) is 51.5 Å². The first-order chi connectivity index (χ1) is 10.2. The molecule has 2 nitrogen and oxygen atoms in total. The molecule has 114 valence electrons. The van der Waals surface area contributed by atoms with Crippen molar-refractivity contribution < 1.29 is 10.4 Å². The van der Waals surface area contributed by atoms with Gasteiger partial charge in [0, 0.05) is 11.0 Å². The third-order valence-corrected chi connectivity index (χ3v) is 6.46. The summed E-state index contributed by atoms with van der Waals surface area (Å²) < 4.78 is 0. The Morgan fingerprint density at radius 3 is 2.52 bits per heavy atom. The molecule has 0 aliphatic heterocycles. The number of phenolic OH excluding ortho intramolecular Hbond substituents is 1. The molecule has 0 amide bonds. The average molecular weight is 286 g/mol. The highest BCUT2D eigenvalue weighted by Gasteiger charge is 2.48. The van der Waals surface area contributed by atoms with Crippen LogP contribution in [-0.2, 0) is 6.54 Å². The van der Waals surface area contributed by atoms with Gasteiger partial charge in [-0.3, -0.25) is 0 Å². The van der Waals surface area contributed by atoms with Gasteiger partial charge in [-0.25, -0.2) is 0 Å². The summed E-state index contributed by atoms with van der Waals surface area (Å²) in [6, 6.07) is 7.79. The number of phenols is 1. The number of fused-ring (bicyclic) bond motifs is 1. The van der Waals surface area contributed by atoms with Gasteiger partial charge in [0.25, 0.3) is 0 Å². The number of hydrogen-bond acceptors (Lipinski definition) is 1. The minimum Gasteiger partial charge on any atom is -0.507 e. The zero-order valence-electron chi connectivity index (χ0n) is 12.9. The van der Waals surface area contributed by atoms with Crippen molar-refractivity contribution in [3.05, 3.63) is 29.8 Å². The van der Waals surface area contributed by atoms with Crippen LogP contribution in [0, 0.1) is 23.2 Å². The molecular weight excluding hydrogens is 258 g/mol. The minimum atomic E-state index is 0.455. The maximum Gasteiger partial charge on any atom is 0.124 e. The van der Waals surface area contributed by atoms with E-state index in [0.29, 0.717) is 11.2 Å². The highest BCUT2D eigenvalue weighted by molar-refractivity contribution is 5.30. The van der Waals surface area contributed by atoms with Crippen LogP contribution in [0.2, 0.25) is 0 Å². The molecule has 0 spiro atoms. The van der Waals surface area contributed by atoms with Crippen molar-refractivity contribution in [2.45, 2.75) is 51.5 Å². The standard InChI is InChI=1S/C19H27NO/c21-18-4-2-1-3-17(18)12-20-13-19-6-5-14-7-15(10-19)9-16(8-14)11-19/h1-4,14-16,20-21H,5-13H2/p+1. The van der Waals surface area contributed by atoms with E-state index < -0.39 is 0 Å². The van der Waals surface area contributed by atoms with Gasteiger partial charge in [0.05, 0.1) is 6.54 Å². The van der Waals surface area contributed by atoms with Crippen LogP contribution in [0.15, 0.2) is 24.3 Å². The van der Waals surface area contributed by atoms with E-state index in [2.05, 4.69) is 11.4 Å². The molecule has 4 fully saturated rings. The van der Waals surface area contributed by atoms with Gasteiger partial charge < -0.3 is 10.4 Å². The fourth-order valence-electron chi connectivity index (χ4n) is 5.78. The van der Waals surface area contributed by atoms with E-state index in [1.807, 2.05) is 12.1 Å². The monoisotopic (exact) mass is 286 g/mol. The van der Waals surface area contributed by atoms with Crippen LogP contribution in [0.25, 0.3) is 0 Å². The Balaban J connectivity index is 1.41. The van der Waals surface area contributed by atoms with Gasteiger partial charge in [0.15, 0.2) is 0 Å². The molecule has 2 heteroatoms. The molecule has 3 N–H and O–H groups in total. The van der Waals surface area contributed by atoms with Crippen LogP contribution < -0.4 is 5.32 Å². The number of aromatic hydroxyl groups is 1. The van der Waals surface area contributed by atoms with E-state index in [0.717, 1.165) is 29.9 Å².